The van der Waals surface area contributed by atoms with Gasteiger partial charge in [-0.15, -0.1) is 0 Å². The lowest BCUT2D eigenvalue weighted by Crippen LogP contribution is -2.23. The van der Waals surface area contributed by atoms with Crippen molar-refractivity contribution in [2.24, 2.45) is 0 Å². The van der Waals surface area contributed by atoms with Gasteiger partial charge in [0, 0.05) is 11.6 Å². The lowest BCUT2D eigenvalue weighted by molar-refractivity contribution is 0.437. The fourth-order valence-corrected chi connectivity index (χ4v) is 2.21. The van der Waals surface area contributed by atoms with E-state index in [2.05, 4.69) is 12.2 Å². The summed E-state index contributed by atoms with van der Waals surface area (Å²) >= 11 is 0. The van der Waals surface area contributed by atoms with E-state index in [0.29, 0.717) is 6.54 Å². The minimum Gasteiger partial charge on any atom is -0.310 e. The maximum absolute atomic E-state index is 13.7. The van der Waals surface area contributed by atoms with Crippen LogP contribution < -0.4 is 5.32 Å². The molecule has 0 saturated heterocycles. The molecule has 0 aliphatic carbocycles. The molecule has 0 radical (unpaired) electrons. The second-order valence-electron chi connectivity index (χ2n) is 4.59. The standard InChI is InChI=1S/C15H23F2N/c1-3-5-6-7-11-14(18-4-2)15-12(16)9-8-10-13(15)17/h8-10,14,18H,3-7,11H2,1-2H3. The average molecular weight is 255 g/mol. The molecule has 1 aromatic rings. The van der Waals surface area contributed by atoms with Crippen LogP contribution in [0.25, 0.3) is 0 Å². The summed E-state index contributed by atoms with van der Waals surface area (Å²) in [5.74, 6) is -0.895. The first-order valence-electron chi connectivity index (χ1n) is 6.88. The number of hydrogen-bond acceptors (Lipinski definition) is 1. The fraction of sp³-hybridized carbons (Fsp3) is 0.600. The minimum atomic E-state index is -0.448. The van der Waals surface area contributed by atoms with Crippen molar-refractivity contribution >= 4 is 0 Å². The van der Waals surface area contributed by atoms with Gasteiger partial charge in [-0.2, -0.15) is 0 Å². The zero-order valence-corrected chi connectivity index (χ0v) is 11.3. The molecule has 0 spiro atoms. The summed E-state index contributed by atoms with van der Waals surface area (Å²) < 4.78 is 27.4. The summed E-state index contributed by atoms with van der Waals surface area (Å²) in [6.45, 7) is 4.82. The molecule has 0 aromatic heterocycles. The number of benzene rings is 1. The zero-order chi connectivity index (χ0) is 13.4. The first kappa shape index (κ1) is 15.1. The van der Waals surface area contributed by atoms with Crippen molar-refractivity contribution in [3.05, 3.63) is 35.4 Å². The molecule has 0 heterocycles. The maximum Gasteiger partial charge on any atom is 0.130 e. The Morgan fingerprint density at radius 3 is 2.28 bits per heavy atom. The summed E-state index contributed by atoms with van der Waals surface area (Å²) in [7, 11) is 0. The summed E-state index contributed by atoms with van der Waals surface area (Å²) in [4.78, 5) is 0. The molecular formula is C15H23F2N. The second-order valence-corrected chi connectivity index (χ2v) is 4.59. The van der Waals surface area contributed by atoms with Gasteiger partial charge in [-0.25, -0.2) is 8.78 Å². The highest BCUT2D eigenvalue weighted by molar-refractivity contribution is 5.23. The van der Waals surface area contributed by atoms with Crippen molar-refractivity contribution < 1.29 is 8.78 Å². The number of hydrogen-bond donors (Lipinski definition) is 1. The third-order valence-corrected chi connectivity index (χ3v) is 3.15. The van der Waals surface area contributed by atoms with Gasteiger partial charge in [-0.05, 0) is 25.1 Å². The Morgan fingerprint density at radius 1 is 1.06 bits per heavy atom. The van der Waals surface area contributed by atoms with E-state index in [1.807, 2.05) is 6.92 Å². The zero-order valence-electron chi connectivity index (χ0n) is 11.3. The van der Waals surface area contributed by atoms with Crippen LogP contribution in [0, 0.1) is 11.6 Å². The molecule has 0 saturated carbocycles. The number of nitrogens with one attached hydrogen (secondary N) is 1. The van der Waals surface area contributed by atoms with Gasteiger partial charge in [-0.3, -0.25) is 0 Å². The van der Waals surface area contributed by atoms with E-state index < -0.39 is 11.6 Å². The Kier molecular flexibility index (Phi) is 6.88. The molecule has 1 rings (SSSR count). The maximum atomic E-state index is 13.7. The van der Waals surface area contributed by atoms with Crippen LogP contribution in [0.1, 0.15) is 57.6 Å². The normalized spacial score (nSPS) is 12.7. The third kappa shape index (κ3) is 4.37. The Labute approximate surface area is 109 Å². The van der Waals surface area contributed by atoms with Gasteiger partial charge in [0.15, 0.2) is 0 Å². The van der Waals surface area contributed by atoms with E-state index in [1.165, 1.54) is 31.0 Å². The van der Waals surface area contributed by atoms with Crippen LogP contribution in [0.15, 0.2) is 18.2 Å². The van der Waals surface area contributed by atoms with Gasteiger partial charge in [0.2, 0.25) is 0 Å². The highest BCUT2D eigenvalue weighted by Gasteiger charge is 2.18. The van der Waals surface area contributed by atoms with Crippen molar-refractivity contribution in [3.63, 3.8) is 0 Å². The highest BCUT2D eigenvalue weighted by Crippen LogP contribution is 2.25. The molecule has 1 nitrogen and oxygen atoms in total. The predicted molar refractivity (Wildman–Crippen MR) is 71.5 cm³/mol. The molecule has 102 valence electrons. The topological polar surface area (TPSA) is 12.0 Å². The molecule has 0 bridgehead atoms. The van der Waals surface area contributed by atoms with E-state index in [1.54, 1.807) is 0 Å². The molecule has 0 amide bonds. The molecule has 3 heteroatoms. The number of unbranched alkanes of at least 4 members (excludes halogenated alkanes) is 3. The van der Waals surface area contributed by atoms with E-state index in [-0.39, 0.29) is 11.6 Å². The largest absolute Gasteiger partial charge is 0.310 e. The van der Waals surface area contributed by atoms with Crippen molar-refractivity contribution in [3.8, 4) is 0 Å². The van der Waals surface area contributed by atoms with E-state index in [9.17, 15) is 8.78 Å². The molecule has 1 N–H and O–H groups in total. The van der Waals surface area contributed by atoms with Gasteiger partial charge in [-0.1, -0.05) is 45.6 Å². The minimum absolute atomic E-state index is 0.191. The Bertz CT molecular complexity index is 332. The van der Waals surface area contributed by atoms with Gasteiger partial charge in [0.1, 0.15) is 11.6 Å². The summed E-state index contributed by atoms with van der Waals surface area (Å²) in [6.07, 6.45) is 5.25. The number of rotatable bonds is 8. The quantitative estimate of drug-likeness (QED) is 0.670. The molecule has 1 atom stereocenters. The monoisotopic (exact) mass is 255 g/mol. The Morgan fingerprint density at radius 2 is 1.72 bits per heavy atom. The summed E-state index contributed by atoms with van der Waals surface area (Å²) in [5, 5.41) is 3.18. The second kappa shape index (κ2) is 8.20. The van der Waals surface area contributed by atoms with Crippen molar-refractivity contribution in [1.82, 2.24) is 5.32 Å². The van der Waals surface area contributed by atoms with Crippen LogP contribution in [-0.2, 0) is 0 Å². The van der Waals surface area contributed by atoms with Crippen LogP contribution in [0.4, 0.5) is 8.78 Å². The van der Waals surface area contributed by atoms with Crippen molar-refractivity contribution in [2.75, 3.05) is 6.54 Å². The van der Waals surface area contributed by atoms with Crippen LogP contribution in [0.2, 0.25) is 0 Å². The highest BCUT2D eigenvalue weighted by atomic mass is 19.1. The van der Waals surface area contributed by atoms with Gasteiger partial charge >= 0.3 is 0 Å². The van der Waals surface area contributed by atoms with Crippen molar-refractivity contribution in [1.29, 1.82) is 0 Å². The van der Waals surface area contributed by atoms with E-state index in [0.717, 1.165) is 19.3 Å². The molecule has 0 aliphatic rings. The average Bonchev–Trinajstić information content (AvgIpc) is 2.34. The molecular weight excluding hydrogens is 232 g/mol. The Balaban J connectivity index is 2.71. The summed E-state index contributed by atoms with van der Waals surface area (Å²) in [5.41, 5.74) is 0.191. The lowest BCUT2D eigenvalue weighted by Gasteiger charge is -2.19. The fourth-order valence-electron chi connectivity index (χ4n) is 2.21. The molecule has 1 aromatic carbocycles. The van der Waals surface area contributed by atoms with Crippen LogP contribution in [-0.4, -0.2) is 6.54 Å². The first-order chi connectivity index (χ1) is 8.70. The predicted octanol–water partition coefficient (Wildman–Crippen LogP) is 4.59. The van der Waals surface area contributed by atoms with Crippen molar-refractivity contribution in [2.45, 2.75) is 52.0 Å². The van der Waals surface area contributed by atoms with E-state index in [4.69, 9.17) is 0 Å². The molecule has 1 unspecified atom stereocenters. The van der Waals surface area contributed by atoms with Crippen LogP contribution >= 0.6 is 0 Å². The Hall–Kier alpha value is -0.960. The van der Waals surface area contributed by atoms with Gasteiger partial charge < -0.3 is 5.32 Å². The summed E-state index contributed by atoms with van der Waals surface area (Å²) in [6, 6.07) is 3.85. The number of halogens is 2. The first-order valence-corrected chi connectivity index (χ1v) is 6.88. The van der Waals surface area contributed by atoms with Gasteiger partial charge in [0.05, 0.1) is 0 Å². The molecule has 0 aliphatic heterocycles. The lowest BCUT2D eigenvalue weighted by atomic mass is 9.99. The molecule has 0 fully saturated rings. The van der Waals surface area contributed by atoms with Gasteiger partial charge in [0.25, 0.3) is 0 Å². The smallest absolute Gasteiger partial charge is 0.130 e. The van der Waals surface area contributed by atoms with Crippen LogP contribution in [0.3, 0.4) is 0 Å². The molecule has 18 heavy (non-hydrogen) atoms. The van der Waals surface area contributed by atoms with E-state index >= 15 is 0 Å². The SMILES string of the molecule is CCCCCCC(NCC)c1c(F)cccc1F. The van der Waals surface area contributed by atoms with Crippen LogP contribution in [0.5, 0.6) is 0 Å². The third-order valence-electron chi connectivity index (χ3n) is 3.15.